The zero-order valence-electron chi connectivity index (χ0n) is 10.2. The zero-order chi connectivity index (χ0) is 13.1. The SMILES string of the molecule is CN(CC(=O)c1ccc2c(c1)CCO2)CC(F)F. The van der Waals surface area contributed by atoms with Crippen molar-refractivity contribution in [2.75, 3.05) is 26.7 Å². The number of likely N-dealkylation sites (N-methyl/N-ethyl adjacent to an activating group) is 1. The molecule has 0 saturated heterocycles. The van der Waals surface area contributed by atoms with Gasteiger partial charge in [0.15, 0.2) is 5.78 Å². The molecule has 0 bridgehead atoms. The molecular weight excluding hydrogens is 240 g/mol. The maximum absolute atomic E-state index is 12.1. The first-order valence-electron chi connectivity index (χ1n) is 5.82. The van der Waals surface area contributed by atoms with Crippen LogP contribution in [0.5, 0.6) is 5.75 Å². The number of halogens is 2. The first-order valence-corrected chi connectivity index (χ1v) is 5.82. The molecule has 2 rings (SSSR count). The molecule has 1 aromatic rings. The van der Waals surface area contributed by atoms with Crippen molar-refractivity contribution in [3.63, 3.8) is 0 Å². The Kier molecular flexibility index (Phi) is 3.91. The van der Waals surface area contributed by atoms with Gasteiger partial charge in [0.05, 0.1) is 19.7 Å². The van der Waals surface area contributed by atoms with E-state index in [1.54, 1.807) is 18.2 Å². The third-order valence-corrected chi connectivity index (χ3v) is 2.87. The number of fused-ring (bicyclic) bond motifs is 1. The maximum Gasteiger partial charge on any atom is 0.251 e. The molecule has 1 aliphatic heterocycles. The lowest BCUT2D eigenvalue weighted by Crippen LogP contribution is -2.30. The Morgan fingerprint density at radius 3 is 3.00 bits per heavy atom. The number of nitrogens with zero attached hydrogens (tertiary/aromatic N) is 1. The Labute approximate surface area is 104 Å². The lowest BCUT2D eigenvalue weighted by Gasteiger charge is -2.15. The predicted octanol–water partition coefficient (Wildman–Crippen LogP) is 2.00. The van der Waals surface area contributed by atoms with Gasteiger partial charge in [-0.3, -0.25) is 9.69 Å². The molecule has 1 aromatic carbocycles. The molecule has 0 atom stereocenters. The number of alkyl halides is 2. The summed E-state index contributed by atoms with van der Waals surface area (Å²) in [4.78, 5) is 13.2. The van der Waals surface area contributed by atoms with Crippen LogP contribution in [0.25, 0.3) is 0 Å². The number of benzene rings is 1. The van der Waals surface area contributed by atoms with Crippen molar-refractivity contribution in [3.05, 3.63) is 29.3 Å². The molecule has 98 valence electrons. The standard InChI is InChI=1S/C13H15F2NO2/c1-16(8-13(14)15)7-11(17)9-2-3-12-10(6-9)4-5-18-12/h2-3,6,13H,4-5,7-8H2,1H3. The number of rotatable bonds is 5. The minimum Gasteiger partial charge on any atom is -0.493 e. The fourth-order valence-corrected chi connectivity index (χ4v) is 2.00. The zero-order valence-corrected chi connectivity index (χ0v) is 10.2. The number of carbonyl (C=O) groups is 1. The highest BCUT2D eigenvalue weighted by Crippen LogP contribution is 2.26. The minimum absolute atomic E-state index is 0.00395. The molecule has 5 heteroatoms. The van der Waals surface area contributed by atoms with Gasteiger partial charge < -0.3 is 4.74 Å². The predicted molar refractivity (Wildman–Crippen MR) is 63.5 cm³/mol. The van der Waals surface area contributed by atoms with E-state index < -0.39 is 6.43 Å². The molecule has 3 nitrogen and oxygen atoms in total. The van der Waals surface area contributed by atoms with Crippen LogP contribution in [-0.4, -0.2) is 43.9 Å². The summed E-state index contributed by atoms with van der Waals surface area (Å²) in [7, 11) is 1.51. The number of carbonyl (C=O) groups excluding carboxylic acids is 1. The maximum atomic E-state index is 12.1. The van der Waals surface area contributed by atoms with Gasteiger partial charge in [-0.05, 0) is 30.8 Å². The average molecular weight is 255 g/mol. The molecule has 0 radical (unpaired) electrons. The van der Waals surface area contributed by atoms with Crippen molar-refractivity contribution >= 4 is 5.78 Å². The Balaban J connectivity index is 2.01. The van der Waals surface area contributed by atoms with Crippen LogP contribution in [0.1, 0.15) is 15.9 Å². The average Bonchev–Trinajstić information content (AvgIpc) is 2.74. The fraction of sp³-hybridized carbons (Fsp3) is 0.462. The minimum atomic E-state index is -2.42. The molecule has 0 N–H and O–H groups in total. The van der Waals surface area contributed by atoms with Crippen LogP contribution in [0.2, 0.25) is 0 Å². The summed E-state index contributed by atoms with van der Waals surface area (Å²) in [6.07, 6.45) is -1.63. The third-order valence-electron chi connectivity index (χ3n) is 2.87. The molecule has 0 saturated carbocycles. The van der Waals surface area contributed by atoms with Gasteiger partial charge in [0, 0.05) is 12.0 Å². The number of hydrogen-bond donors (Lipinski definition) is 0. The van der Waals surface area contributed by atoms with Crippen LogP contribution in [0, 0.1) is 0 Å². The van der Waals surface area contributed by atoms with Crippen LogP contribution < -0.4 is 4.74 Å². The molecule has 0 spiro atoms. The summed E-state index contributed by atoms with van der Waals surface area (Å²) in [5.41, 5.74) is 1.57. The van der Waals surface area contributed by atoms with Crippen molar-refractivity contribution in [2.45, 2.75) is 12.8 Å². The third kappa shape index (κ3) is 3.04. The van der Waals surface area contributed by atoms with Crippen LogP contribution in [0.15, 0.2) is 18.2 Å². The van der Waals surface area contributed by atoms with Crippen molar-refractivity contribution in [1.82, 2.24) is 4.90 Å². The molecule has 0 aromatic heterocycles. The fourth-order valence-electron chi connectivity index (χ4n) is 2.00. The van der Waals surface area contributed by atoms with E-state index in [1.807, 2.05) is 0 Å². The lowest BCUT2D eigenvalue weighted by atomic mass is 10.1. The Morgan fingerprint density at radius 1 is 1.50 bits per heavy atom. The van der Waals surface area contributed by atoms with E-state index in [1.165, 1.54) is 11.9 Å². The quantitative estimate of drug-likeness (QED) is 0.754. The van der Waals surface area contributed by atoms with Crippen molar-refractivity contribution in [2.24, 2.45) is 0 Å². The number of ketones is 1. The highest BCUT2D eigenvalue weighted by atomic mass is 19.3. The summed E-state index contributed by atoms with van der Waals surface area (Å²) in [6, 6.07) is 5.24. The largest absolute Gasteiger partial charge is 0.493 e. The molecule has 0 aliphatic carbocycles. The summed E-state index contributed by atoms with van der Waals surface area (Å²) in [5, 5.41) is 0. The molecule has 0 unspecified atom stereocenters. The summed E-state index contributed by atoms with van der Waals surface area (Å²) in [6.45, 7) is 0.252. The Bertz CT molecular complexity index is 449. The monoisotopic (exact) mass is 255 g/mol. The Hall–Kier alpha value is -1.49. The topological polar surface area (TPSA) is 29.5 Å². The van der Waals surface area contributed by atoms with Gasteiger partial charge in [0.2, 0.25) is 0 Å². The second kappa shape index (κ2) is 5.44. The lowest BCUT2D eigenvalue weighted by molar-refractivity contribution is 0.0820. The second-order valence-corrected chi connectivity index (χ2v) is 4.43. The highest BCUT2D eigenvalue weighted by molar-refractivity contribution is 5.98. The molecule has 1 aliphatic rings. The van der Waals surface area contributed by atoms with E-state index in [4.69, 9.17) is 4.74 Å². The number of Topliss-reactive ketones (excluding diaryl/α,β-unsaturated/α-hetero) is 1. The van der Waals surface area contributed by atoms with E-state index >= 15 is 0 Å². The smallest absolute Gasteiger partial charge is 0.251 e. The molecule has 18 heavy (non-hydrogen) atoms. The van der Waals surface area contributed by atoms with Gasteiger partial charge in [-0.2, -0.15) is 0 Å². The summed E-state index contributed by atoms with van der Waals surface area (Å²) in [5.74, 6) is 0.667. The first-order chi connectivity index (χ1) is 8.56. The number of ether oxygens (including phenoxy) is 1. The van der Waals surface area contributed by atoms with Gasteiger partial charge >= 0.3 is 0 Å². The van der Waals surface area contributed by atoms with Crippen LogP contribution in [0.4, 0.5) is 8.78 Å². The van der Waals surface area contributed by atoms with Gasteiger partial charge in [0.1, 0.15) is 5.75 Å². The van der Waals surface area contributed by atoms with E-state index in [0.29, 0.717) is 12.2 Å². The molecule has 0 fully saturated rings. The van der Waals surface area contributed by atoms with Gasteiger partial charge in [-0.15, -0.1) is 0 Å². The van der Waals surface area contributed by atoms with E-state index in [-0.39, 0.29) is 18.9 Å². The van der Waals surface area contributed by atoms with Crippen LogP contribution >= 0.6 is 0 Å². The van der Waals surface area contributed by atoms with E-state index in [0.717, 1.165) is 17.7 Å². The van der Waals surface area contributed by atoms with Crippen LogP contribution in [0.3, 0.4) is 0 Å². The highest BCUT2D eigenvalue weighted by Gasteiger charge is 2.17. The van der Waals surface area contributed by atoms with Crippen molar-refractivity contribution in [1.29, 1.82) is 0 Å². The van der Waals surface area contributed by atoms with E-state index in [2.05, 4.69) is 0 Å². The normalized spacial score (nSPS) is 13.8. The summed E-state index contributed by atoms with van der Waals surface area (Å²) >= 11 is 0. The van der Waals surface area contributed by atoms with Gasteiger partial charge in [-0.1, -0.05) is 0 Å². The number of hydrogen-bond acceptors (Lipinski definition) is 3. The van der Waals surface area contributed by atoms with E-state index in [9.17, 15) is 13.6 Å². The van der Waals surface area contributed by atoms with Gasteiger partial charge in [-0.25, -0.2) is 8.78 Å². The van der Waals surface area contributed by atoms with Crippen molar-refractivity contribution in [3.8, 4) is 5.75 Å². The molecule has 0 amide bonds. The van der Waals surface area contributed by atoms with Crippen LogP contribution in [-0.2, 0) is 6.42 Å². The molecule has 1 heterocycles. The molecular formula is C13H15F2NO2. The Morgan fingerprint density at radius 2 is 2.28 bits per heavy atom. The first kappa shape index (κ1) is 13.0. The second-order valence-electron chi connectivity index (χ2n) is 4.43. The van der Waals surface area contributed by atoms with Gasteiger partial charge in [0.25, 0.3) is 6.43 Å². The van der Waals surface area contributed by atoms with Crippen molar-refractivity contribution < 1.29 is 18.3 Å². The summed E-state index contributed by atoms with van der Waals surface area (Å²) < 4.78 is 29.6.